The maximum absolute atomic E-state index is 14.0. The number of hydrogen-bond donors (Lipinski definition) is 6. The largest absolute Gasteiger partial charge is 0.391 e. The molecule has 2 saturated heterocycles. The van der Waals surface area contributed by atoms with Crippen molar-refractivity contribution in [2.45, 2.75) is 125 Å². The highest BCUT2D eigenvalue weighted by Crippen LogP contribution is 2.33. The van der Waals surface area contributed by atoms with Crippen molar-refractivity contribution < 1.29 is 48.1 Å². The van der Waals surface area contributed by atoms with E-state index in [0.717, 1.165) is 76.0 Å². The molecule has 2 aliphatic heterocycles. The predicted octanol–water partition coefficient (Wildman–Crippen LogP) is 7.07. The zero-order chi connectivity index (χ0) is 61.2. The quantitative estimate of drug-likeness (QED) is 0.0173. The molecule has 21 heteroatoms. The molecule has 0 unspecified atom stereocenters. The van der Waals surface area contributed by atoms with E-state index in [0.29, 0.717) is 61.5 Å². The summed E-state index contributed by atoms with van der Waals surface area (Å²) in [7, 11) is 0. The van der Waals surface area contributed by atoms with Gasteiger partial charge in [0, 0.05) is 125 Å². The molecule has 0 radical (unpaired) electrons. The van der Waals surface area contributed by atoms with Gasteiger partial charge < -0.3 is 55.8 Å². The average molecular weight is 1190 g/mol. The Kier molecular flexibility index (Phi) is 24.2. The number of thiazole rings is 1. The lowest BCUT2D eigenvalue weighted by Gasteiger charge is -2.35. The summed E-state index contributed by atoms with van der Waals surface area (Å²) in [5.41, 5.74) is 9.96. The van der Waals surface area contributed by atoms with Crippen molar-refractivity contribution in [2.75, 3.05) is 95.7 Å². The number of nitrogens with one attached hydrogen (secondary N) is 5. The van der Waals surface area contributed by atoms with Crippen LogP contribution in [-0.2, 0) is 44.7 Å². The van der Waals surface area contributed by atoms with Crippen LogP contribution in [0.3, 0.4) is 0 Å². The molecule has 2 fully saturated rings. The summed E-state index contributed by atoms with van der Waals surface area (Å²) in [5, 5.41) is 31.0. The van der Waals surface area contributed by atoms with Crippen LogP contribution in [0.25, 0.3) is 21.6 Å². The number of hydrogen-bond acceptors (Lipinski definition) is 17. The number of carbonyl (C=O) groups excluding carboxylic acids is 6. The minimum absolute atomic E-state index is 0.00547. The number of Topliss-reactive ketones (excluding diaryl/α,β-unsaturated/α-hetero) is 2. The fraction of sp³-hybridized carbons (Fsp3) is 0.516. The number of pyridine rings is 1. The van der Waals surface area contributed by atoms with Crippen LogP contribution in [0.2, 0.25) is 0 Å². The first-order valence-electron chi connectivity index (χ1n) is 29.6. The first-order chi connectivity index (χ1) is 40.7. The SMILES string of the molecule is CC1=CC(C)=C(CCC(=O)c2cc(-c3ccc(N4CCN(CCNC(=O)CCOCCOCCOCCC(=O)N[C@H](C(=O)N5C[C@H](O)C[C@H]5C(=O)NCc5ccc(-c6scnc6C)cc5)C(C)(C)C)CC4)nc3)cc(NC(C)C)c2C=N)C(=O)C1. The normalized spacial score (nSPS) is 17.0. The average Bonchev–Trinajstić information content (AvgIpc) is 4.19. The monoisotopic (exact) mass is 1190 g/mol. The fourth-order valence-electron chi connectivity index (χ4n) is 10.7. The van der Waals surface area contributed by atoms with Gasteiger partial charge in [-0.25, -0.2) is 9.97 Å². The zero-order valence-corrected chi connectivity index (χ0v) is 51.5. The highest BCUT2D eigenvalue weighted by Gasteiger charge is 2.44. The molecule has 7 rings (SSSR count). The highest BCUT2D eigenvalue weighted by atomic mass is 32.1. The zero-order valence-electron chi connectivity index (χ0n) is 50.6. The maximum Gasteiger partial charge on any atom is 0.246 e. The first kappa shape index (κ1) is 65.5. The van der Waals surface area contributed by atoms with Gasteiger partial charge in [0.25, 0.3) is 0 Å². The Labute approximate surface area is 504 Å². The van der Waals surface area contributed by atoms with E-state index in [2.05, 4.69) is 36.1 Å². The number of likely N-dealkylation sites (tertiary alicyclic amines) is 1. The van der Waals surface area contributed by atoms with E-state index in [1.54, 1.807) is 11.3 Å². The van der Waals surface area contributed by atoms with Crippen molar-refractivity contribution >= 4 is 64.3 Å². The van der Waals surface area contributed by atoms with Gasteiger partial charge in [0.15, 0.2) is 11.6 Å². The van der Waals surface area contributed by atoms with Crippen LogP contribution in [0.15, 0.2) is 83.0 Å². The maximum atomic E-state index is 14.0. The highest BCUT2D eigenvalue weighted by molar-refractivity contribution is 7.13. The van der Waals surface area contributed by atoms with Gasteiger partial charge in [-0.05, 0) is 98.6 Å². The first-order valence-corrected chi connectivity index (χ1v) is 30.4. The summed E-state index contributed by atoms with van der Waals surface area (Å²) in [5.74, 6) is -0.482. The van der Waals surface area contributed by atoms with Crippen molar-refractivity contribution in [1.29, 1.82) is 5.41 Å². The molecule has 20 nitrogen and oxygen atoms in total. The number of ether oxygens (including phenoxy) is 3. The smallest absolute Gasteiger partial charge is 0.246 e. The second kappa shape index (κ2) is 31.4. The lowest BCUT2D eigenvalue weighted by atomic mass is 9.85. The van der Waals surface area contributed by atoms with Gasteiger partial charge in [-0.1, -0.05) is 56.7 Å². The molecule has 2 aromatic heterocycles. The van der Waals surface area contributed by atoms with Crippen LogP contribution >= 0.6 is 11.3 Å². The molecule has 0 bridgehead atoms. The topological polar surface area (TPSA) is 258 Å². The van der Waals surface area contributed by atoms with E-state index in [1.807, 2.05) is 122 Å². The van der Waals surface area contributed by atoms with Crippen molar-refractivity contribution in [3.63, 3.8) is 0 Å². The lowest BCUT2D eigenvalue weighted by molar-refractivity contribution is -0.144. The van der Waals surface area contributed by atoms with Crippen LogP contribution in [0.4, 0.5) is 11.5 Å². The molecule has 4 heterocycles. The summed E-state index contributed by atoms with van der Waals surface area (Å²) in [6.07, 6.45) is 5.40. The van der Waals surface area contributed by atoms with Crippen LogP contribution in [0.1, 0.15) is 114 Å². The number of allylic oxidation sites excluding steroid dienone is 4. The van der Waals surface area contributed by atoms with Gasteiger partial charge in [-0.3, -0.25) is 33.7 Å². The molecular weight excluding hydrogens is 1100 g/mol. The second-order valence-electron chi connectivity index (χ2n) is 23.5. The molecule has 6 N–H and O–H groups in total. The van der Waals surface area contributed by atoms with Gasteiger partial charge in [0.2, 0.25) is 23.6 Å². The second-order valence-corrected chi connectivity index (χ2v) is 24.3. The number of ketones is 2. The number of benzene rings is 2. The minimum atomic E-state index is -0.947. The number of aromatic nitrogens is 2. The Balaban J connectivity index is 0.730. The van der Waals surface area contributed by atoms with Crippen molar-refractivity contribution in [3.05, 3.63) is 105 Å². The summed E-state index contributed by atoms with van der Waals surface area (Å²) in [6.45, 7) is 21.5. The number of carbonyl (C=O) groups is 6. The number of nitrogens with zero attached hydrogens (tertiary/aromatic N) is 5. The minimum Gasteiger partial charge on any atom is -0.391 e. The van der Waals surface area contributed by atoms with Crippen molar-refractivity contribution in [3.8, 4) is 21.6 Å². The van der Waals surface area contributed by atoms with E-state index in [9.17, 15) is 33.9 Å². The molecule has 2 aromatic carbocycles. The number of aryl methyl sites for hydroxylation is 1. The molecular formula is C64H86N10O10S. The molecule has 4 amide bonds. The summed E-state index contributed by atoms with van der Waals surface area (Å²) < 4.78 is 16.8. The van der Waals surface area contributed by atoms with Crippen molar-refractivity contribution in [1.82, 2.24) is 35.7 Å². The van der Waals surface area contributed by atoms with E-state index in [4.69, 9.17) is 24.6 Å². The van der Waals surface area contributed by atoms with Crippen molar-refractivity contribution in [2.24, 2.45) is 5.41 Å². The van der Waals surface area contributed by atoms with Crippen LogP contribution in [-0.4, -0.2) is 176 Å². The third-order valence-electron chi connectivity index (χ3n) is 15.3. The standard InChI is InChI=1S/C64H86N10O10S/c1-41(2)70-53-34-48(33-51(52(53)36-65)55(76)15-14-50-43(4)31-42(3)32-56(50)77)47-13-16-57(67-38-47)73-23-21-72(22-24-73)20-19-66-58(78)17-25-82-27-29-84-30-28-83-26-18-59(79)71-61(64(6,7)8)63(81)74-39-49(75)35-54(74)62(80)68-37-45-9-11-46(12-10-45)60-44(5)69-40-85-60/h9-13,16,31,33-34,36,38,40-41,49,54,61,65,70,75H,14-15,17-30,32,35,37,39H2,1-8H3,(H,66,78)(H,68,80)(H,71,79)/t49-,54+,61-/m1/s1. The number of piperazine rings is 1. The molecule has 1 aliphatic carbocycles. The summed E-state index contributed by atoms with van der Waals surface area (Å²) >= 11 is 1.57. The third-order valence-corrected chi connectivity index (χ3v) is 16.3. The van der Waals surface area contributed by atoms with E-state index < -0.39 is 29.5 Å². The van der Waals surface area contributed by atoms with Gasteiger partial charge in [-0.2, -0.15) is 0 Å². The molecule has 0 spiro atoms. The van der Waals surface area contributed by atoms with Gasteiger partial charge in [0.05, 0.1) is 61.8 Å². The number of β-amino-alcohol motifs (C(OH)–C–C–N with tert-alkyl or cyclic N) is 1. The number of aliphatic hydroxyl groups excluding tert-OH is 1. The van der Waals surface area contributed by atoms with E-state index in [-0.39, 0.29) is 101 Å². The predicted molar refractivity (Wildman–Crippen MR) is 331 cm³/mol. The Hall–Kier alpha value is -7.01. The lowest BCUT2D eigenvalue weighted by Crippen LogP contribution is -2.57. The van der Waals surface area contributed by atoms with Crippen LogP contribution in [0, 0.1) is 17.7 Å². The summed E-state index contributed by atoms with van der Waals surface area (Å²) in [6, 6.07) is 13.9. The fourth-order valence-corrected chi connectivity index (χ4v) is 11.5. The Morgan fingerprint density at radius 1 is 0.835 bits per heavy atom. The molecule has 85 heavy (non-hydrogen) atoms. The molecule has 0 saturated carbocycles. The number of anilines is 2. The van der Waals surface area contributed by atoms with Gasteiger partial charge in [-0.15, -0.1) is 11.3 Å². The van der Waals surface area contributed by atoms with E-state index >= 15 is 0 Å². The van der Waals surface area contributed by atoms with Gasteiger partial charge >= 0.3 is 0 Å². The Bertz CT molecular complexity index is 3040. The van der Waals surface area contributed by atoms with Crippen LogP contribution in [0.5, 0.6) is 0 Å². The summed E-state index contributed by atoms with van der Waals surface area (Å²) in [4.78, 5) is 95.9. The molecule has 3 aliphatic rings. The molecule has 458 valence electrons. The molecule has 4 aromatic rings. The third kappa shape index (κ3) is 19.0. The van der Waals surface area contributed by atoms with Crippen LogP contribution < -0.4 is 26.2 Å². The van der Waals surface area contributed by atoms with Gasteiger partial charge in [0.1, 0.15) is 17.9 Å². The molecule has 3 atom stereocenters. The Morgan fingerprint density at radius 2 is 1.51 bits per heavy atom. The number of rotatable bonds is 30. The van der Waals surface area contributed by atoms with E-state index in [1.165, 1.54) is 11.1 Å². The number of amides is 4. The number of aliphatic hydroxyl groups is 1. The Morgan fingerprint density at radius 3 is 2.12 bits per heavy atom.